The molecule has 9 heteroatoms. The van der Waals surface area contributed by atoms with E-state index in [-0.39, 0.29) is 24.4 Å². The van der Waals surface area contributed by atoms with E-state index in [0.717, 1.165) is 5.56 Å². The molecule has 0 aliphatic carbocycles. The predicted octanol–water partition coefficient (Wildman–Crippen LogP) is 3.83. The Morgan fingerprint density at radius 2 is 1.56 bits per heavy atom. The van der Waals surface area contributed by atoms with Gasteiger partial charge >= 0.3 is 0 Å². The van der Waals surface area contributed by atoms with Crippen LogP contribution in [0.25, 0.3) is 0 Å². The van der Waals surface area contributed by atoms with E-state index in [1.807, 2.05) is 6.07 Å². The fraction of sp³-hybridized carbons (Fsp3) is 0.148. The number of halogens is 1. The molecule has 0 bridgehead atoms. The van der Waals surface area contributed by atoms with Crippen molar-refractivity contribution < 1.29 is 27.6 Å². The third-order valence-corrected chi connectivity index (χ3v) is 5.44. The van der Waals surface area contributed by atoms with E-state index >= 15 is 0 Å². The predicted molar refractivity (Wildman–Crippen MR) is 128 cm³/mol. The normalized spacial score (nSPS) is 11.5. The average molecular weight is 490 g/mol. The number of benzene rings is 2. The summed E-state index contributed by atoms with van der Waals surface area (Å²) in [5.74, 6) is -1.86. The average Bonchev–Trinajstić information content (AvgIpc) is 3.62. The Hall–Kier alpha value is -4.66. The zero-order valence-electron chi connectivity index (χ0n) is 19.2. The Kier molecular flexibility index (Phi) is 7.92. The third kappa shape index (κ3) is 6.06. The lowest BCUT2D eigenvalue weighted by atomic mass is 10.0. The second-order valence-electron chi connectivity index (χ2n) is 7.89. The van der Waals surface area contributed by atoms with E-state index in [2.05, 4.69) is 10.6 Å². The summed E-state index contributed by atoms with van der Waals surface area (Å²) in [5.41, 5.74) is 0.750. The van der Waals surface area contributed by atoms with Crippen molar-refractivity contribution in [2.75, 3.05) is 6.54 Å². The molecular weight excluding hydrogens is 465 g/mol. The zero-order chi connectivity index (χ0) is 25.3. The Morgan fingerprint density at radius 3 is 2.25 bits per heavy atom. The first-order valence-corrected chi connectivity index (χ1v) is 11.2. The van der Waals surface area contributed by atoms with E-state index in [1.165, 1.54) is 41.7 Å². The maximum absolute atomic E-state index is 15.0. The van der Waals surface area contributed by atoms with Gasteiger partial charge in [-0.2, -0.15) is 0 Å². The highest BCUT2D eigenvalue weighted by molar-refractivity contribution is 5.95. The van der Waals surface area contributed by atoms with Gasteiger partial charge in [0.1, 0.15) is 17.6 Å². The van der Waals surface area contributed by atoms with Gasteiger partial charge in [-0.25, -0.2) is 4.39 Å². The monoisotopic (exact) mass is 489 g/mol. The minimum absolute atomic E-state index is 0.00344. The highest BCUT2D eigenvalue weighted by Gasteiger charge is 2.33. The van der Waals surface area contributed by atoms with E-state index < -0.39 is 36.1 Å². The molecule has 0 aliphatic rings. The van der Waals surface area contributed by atoms with Crippen molar-refractivity contribution in [3.63, 3.8) is 0 Å². The Balaban J connectivity index is 1.63. The largest absolute Gasteiger partial charge is 0.467 e. The summed E-state index contributed by atoms with van der Waals surface area (Å²) >= 11 is 0. The van der Waals surface area contributed by atoms with E-state index in [4.69, 9.17) is 8.83 Å². The van der Waals surface area contributed by atoms with E-state index in [9.17, 15) is 18.8 Å². The molecule has 1 unspecified atom stereocenters. The van der Waals surface area contributed by atoms with Crippen LogP contribution in [0.15, 0.2) is 100 Å². The van der Waals surface area contributed by atoms with E-state index in [0.29, 0.717) is 5.76 Å². The molecule has 0 saturated carbocycles. The van der Waals surface area contributed by atoms with Crippen LogP contribution in [-0.4, -0.2) is 29.2 Å². The Bertz CT molecular complexity index is 1290. The van der Waals surface area contributed by atoms with Crippen LogP contribution in [0, 0.1) is 5.82 Å². The standard InChI is InChI=1S/C27H24FN3O5/c28-22-12-5-4-11-21(22)25(27(34)29-16-20-10-6-14-35-20)31(18-19-8-2-1-3-9-19)24(32)17-30-26(33)23-13-7-15-36-23/h1-15,25H,16-18H2,(H,29,34)(H,30,33). The third-order valence-electron chi connectivity index (χ3n) is 5.44. The smallest absolute Gasteiger partial charge is 0.287 e. The number of furan rings is 2. The number of hydrogen-bond donors (Lipinski definition) is 2. The van der Waals surface area contributed by atoms with Crippen molar-refractivity contribution in [3.8, 4) is 0 Å². The van der Waals surface area contributed by atoms with Gasteiger partial charge in [0.05, 0.1) is 25.6 Å². The van der Waals surface area contributed by atoms with Crippen LogP contribution in [-0.2, 0) is 22.7 Å². The molecule has 8 nitrogen and oxygen atoms in total. The van der Waals surface area contributed by atoms with Gasteiger partial charge in [0.15, 0.2) is 5.76 Å². The summed E-state index contributed by atoms with van der Waals surface area (Å²) in [6, 6.07) is 19.9. The molecule has 2 aromatic heterocycles. The van der Waals surface area contributed by atoms with Crippen LogP contribution in [0.1, 0.15) is 33.5 Å². The second kappa shape index (κ2) is 11.7. The lowest BCUT2D eigenvalue weighted by Crippen LogP contribution is -2.47. The van der Waals surface area contributed by atoms with Crippen molar-refractivity contribution in [2.45, 2.75) is 19.1 Å². The molecule has 4 aromatic rings. The summed E-state index contributed by atoms with van der Waals surface area (Å²) in [5, 5.41) is 5.22. The maximum Gasteiger partial charge on any atom is 0.287 e. The number of nitrogens with zero attached hydrogens (tertiary/aromatic N) is 1. The number of carbonyl (C=O) groups is 3. The van der Waals surface area contributed by atoms with Crippen LogP contribution in [0.4, 0.5) is 4.39 Å². The van der Waals surface area contributed by atoms with Crippen LogP contribution in [0.5, 0.6) is 0 Å². The van der Waals surface area contributed by atoms with Crippen molar-refractivity contribution in [1.82, 2.24) is 15.5 Å². The number of hydrogen-bond acceptors (Lipinski definition) is 5. The van der Waals surface area contributed by atoms with Crippen LogP contribution in [0.3, 0.4) is 0 Å². The minimum Gasteiger partial charge on any atom is -0.467 e. The molecule has 2 aromatic carbocycles. The molecule has 0 radical (unpaired) electrons. The fourth-order valence-electron chi connectivity index (χ4n) is 3.69. The maximum atomic E-state index is 15.0. The molecule has 3 amide bonds. The molecule has 1 atom stereocenters. The van der Waals surface area contributed by atoms with E-state index in [1.54, 1.807) is 48.5 Å². The summed E-state index contributed by atoms with van der Waals surface area (Å²) < 4.78 is 25.3. The minimum atomic E-state index is -1.31. The second-order valence-corrected chi connectivity index (χ2v) is 7.89. The first kappa shape index (κ1) is 24.5. The number of carbonyl (C=O) groups excluding carboxylic acids is 3. The molecule has 4 rings (SSSR count). The quantitative estimate of drug-likeness (QED) is 0.352. The Labute approximate surface area is 206 Å². The molecule has 184 valence electrons. The molecule has 0 spiro atoms. The SMILES string of the molecule is O=C(NCC(=O)N(Cc1ccccc1)C(C(=O)NCc1ccco1)c1ccccc1F)c1ccco1. The van der Waals surface area contributed by atoms with Gasteiger partial charge in [-0.05, 0) is 35.9 Å². The molecule has 2 heterocycles. The fourth-order valence-corrected chi connectivity index (χ4v) is 3.69. The first-order chi connectivity index (χ1) is 17.5. The lowest BCUT2D eigenvalue weighted by Gasteiger charge is -2.31. The van der Waals surface area contributed by atoms with Crippen molar-refractivity contribution in [3.05, 3.63) is 120 Å². The zero-order valence-corrected chi connectivity index (χ0v) is 19.2. The summed E-state index contributed by atoms with van der Waals surface area (Å²) in [6.07, 6.45) is 2.82. The van der Waals surface area contributed by atoms with Crippen molar-refractivity contribution in [1.29, 1.82) is 0 Å². The van der Waals surface area contributed by atoms with Crippen LogP contribution >= 0.6 is 0 Å². The van der Waals surface area contributed by atoms with Crippen molar-refractivity contribution in [2.24, 2.45) is 0 Å². The highest BCUT2D eigenvalue weighted by Crippen LogP contribution is 2.26. The topological polar surface area (TPSA) is 105 Å². The van der Waals surface area contributed by atoms with Gasteiger partial charge in [-0.1, -0.05) is 48.5 Å². The lowest BCUT2D eigenvalue weighted by molar-refractivity contribution is -0.141. The summed E-state index contributed by atoms with van der Waals surface area (Å²) in [4.78, 5) is 40.5. The number of rotatable bonds is 10. The van der Waals surface area contributed by atoms with Crippen LogP contribution < -0.4 is 10.6 Å². The van der Waals surface area contributed by atoms with Gasteiger partial charge < -0.3 is 24.4 Å². The van der Waals surface area contributed by atoms with Gasteiger partial charge in [0.25, 0.3) is 5.91 Å². The first-order valence-electron chi connectivity index (χ1n) is 11.2. The molecular formula is C27H24FN3O5. The molecule has 0 fully saturated rings. The Morgan fingerprint density at radius 1 is 0.833 bits per heavy atom. The van der Waals surface area contributed by atoms with Gasteiger partial charge in [0, 0.05) is 12.1 Å². The van der Waals surface area contributed by atoms with Gasteiger partial charge in [-0.15, -0.1) is 0 Å². The van der Waals surface area contributed by atoms with Gasteiger partial charge in [0.2, 0.25) is 11.8 Å². The summed E-state index contributed by atoms with van der Waals surface area (Å²) in [6.45, 7) is -0.369. The molecule has 0 saturated heterocycles. The molecule has 0 aliphatic heterocycles. The number of nitrogens with one attached hydrogen (secondary N) is 2. The number of amides is 3. The molecule has 2 N–H and O–H groups in total. The van der Waals surface area contributed by atoms with Crippen LogP contribution in [0.2, 0.25) is 0 Å². The van der Waals surface area contributed by atoms with Crippen molar-refractivity contribution >= 4 is 17.7 Å². The summed E-state index contributed by atoms with van der Waals surface area (Å²) in [7, 11) is 0. The molecule has 36 heavy (non-hydrogen) atoms. The highest BCUT2D eigenvalue weighted by atomic mass is 19.1. The van der Waals surface area contributed by atoms with Gasteiger partial charge in [-0.3, -0.25) is 14.4 Å².